The predicted octanol–water partition coefficient (Wildman–Crippen LogP) is 4.06. The van der Waals surface area contributed by atoms with E-state index in [1.807, 2.05) is 12.1 Å². The van der Waals surface area contributed by atoms with E-state index in [2.05, 4.69) is 15.0 Å². The summed E-state index contributed by atoms with van der Waals surface area (Å²) in [6.07, 6.45) is -3.55. The first kappa shape index (κ1) is 19.0. The van der Waals surface area contributed by atoms with Crippen LogP contribution < -0.4 is 15.0 Å². The highest BCUT2D eigenvalue weighted by atomic mass is 19.4. The number of nitrogens with zero attached hydrogens (tertiary/aromatic N) is 1. The van der Waals surface area contributed by atoms with Crippen molar-refractivity contribution in [3.8, 4) is 5.75 Å². The Labute approximate surface area is 154 Å². The van der Waals surface area contributed by atoms with Gasteiger partial charge in [0.15, 0.2) is 0 Å². The molecule has 0 bridgehead atoms. The molecule has 2 aromatic rings. The Balaban J connectivity index is 1.59. The summed E-state index contributed by atoms with van der Waals surface area (Å²) in [6.45, 7) is 1.74. The van der Waals surface area contributed by atoms with Crippen LogP contribution in [0.3, 0.4) is 0 Å². The Morgan fingerprint density at radius 1 is 1.11 bits per heavy atom. The van der Waals surface area contributed by atoms with Crippen molar-refractivity contribution < 1.29 is 27.4 Å². The number of hydrogen-bond donors (Lipinski definition) is 1. The van der Waals surface area contributed by atoms with Crippen molar-refractivity contribution >= 4 is 17.3 Å². The molecule has 0 saturated carbocycles. The molecule has 3 rings (SSSR count). The number of alkyl halides is 3. The van der Waals surface area contributed by atoms with Gasteiger partial charge in [-0.1, -0.05) is 0 Å². The highest BCUT2D eigenvalue weighted by Crippen LogP contribution is 2.25. The quantitative estimate of drug-likeness (QED) is 0.850. The second kappa shape index (κ2) is 7.87. The van der Waals surface area contributed by atoms with Gasteiger partial charge in [-0.15, -0.1) is 13.2 Å². The minimum absolute atomic E-state index is 0.230. The molecule has 144 valence electrons. The fourth-order valence-electron chi connectivity index (χ4n) is 2.92. The van der Waals surface area contributed by atoms with Gasteiger partial charge in [-0.3, -0.25) is 4.79 Å². The van der Waals surface area contributed by atoms with Crippen LogP contribution in [0.1, 0.15) is 16.8 Å². The second-order valence-corrected chi connectivity index (χ2v) is 6.17. The summed E-state index contributed by atoms with van der Waals surface area (Å²) in [5, 5.41) is 2.72. The first-order chi connectivity index (χ1) is 12.8. The lowest BCUT2D eigenvalue weighted by molar-refractivity contribution is -0.274. The van der Waals surface area contributed by atoms with Crippen LogP contribution >= 0.6 is 0 Å². The zero-order chi connectivity index (χ0) is 19.4. The van der Waals surface area contributed by atoms with Crippen molar-refractivity contribution in [3.63, 3.8) is 0 Å². The lowest BCUT2D eigenvalue weighted by Crippen LogP contribution is -2.22. The van der Waals surface area contributed by atoms with Gasteiger partial charge in [0.1, 0.15) is 5.75 Å². The van der Waals surface area contributed by atoms with Crippen molar-refractivity contribution in [2.45, 2.75) is 18.9 Å². The van der Waals surface area contributed by atoms with E-state index in [9.17, 15) is 18.0 Å². The Morgan fingerprint density at radius 2 is 1.78 bits per heavy atom. The van der Waals surface area contributed by atoms with E-state index in [1.54, 1.807) is 19.2 Å². The molecule has 1 heterocycles. The van der Waals surface area contributed by atoms with E-state index < -0.39 is 12.3 Å². The van der Waals surface area contributed by atoms with Crippen molar-refractivity contribution in [1.29, 1.82) is 0 Å². The van der Waals surface area contributed by atoms with Crippen LogP contribution in [0.15, 0.2) is 48.5 Å². The summed E-state index contributed by atoms with van der Waals surface area (Å²) >= 11 is 0. The van der Waals surface area contributed by atoms with E-state index in [1.165, 1.54) is 12.1 Å². The average Bonchev–Trinajstić information content (AvgIpc) is 3.11. The minimum Gasteiger partial charge on any atom is -0.406 e. The van der Waals surface area contributed by atoms with Crippen LogP contribution in [0.25, 0.3) is 0 Å². The van der Waals surface area contributed by atoms with Crippen molar-refractivity contribution in [1.82, 2.24) is 0 Å². The first-order valence-corrected chi connectivity index (χ1v) is 8.39. The van der Waals surface area contributed by atoms with Gasteiger partial charge < -0.3 is 19.7 Å². The number of methoxy groups -OCH3 is 1. The molecule has 0 aromatic heterocycles. The average molecular weight is 380 g/mol. The normalized spacial score (nSPS) is 17.0. The number of benzene rings is 2. The zero-order valence-corrected chi connectivity index (χ0v) is 14.6. The van der Waals surface area contributed by atoms with E-state index >= 15 is 0 Å². The van der Waals surface area contributed by atoms with Gasteiger partial charge in [-0.2, -0.15) is 0 Å². The zero-order valence-electron chi connectivity index (χ0n) is 14.6. The van der Waals surface area contributed by atoms with Gasteiger partial charge in [0.05, 0.1) is 6.10 Å². The number of halogens is 3. The number of hydrogen-bond acceptors (Lipinski definition) is 4. The van der Waals surface area contributed by atoms with Gasteiger partial charge >= 0.3 is 6.36 Å². The first-order valence-electron chi connectivity index (χ1n) is 8.39. The third-order valence-electron chi connectivity index (χ3n) is 4.32. The molecule has 0 unspecified atom stereocenters. The molecular formula is C19H19F3N2O3. The van der Waals surface area contributed by atoms with Crippen molar-refractivity contribution in [3.05, 3.63) is 54.1 Å². The maximum absolute atomic E-state index is 12.2. The summed E-state index contributed by atoms with van der Waals surface area (Å²) in [4.78, 5) is 14.4. The Kier molecular flexibility index (Phi) is 5.55. The van der Waals surface area contributed by atoms with Gasteiger partial charge in [-0.05, 0) is 55.0 Å². The highest BCUT2D eigenvalue weighted by molar-refractivity contribution is 6.04. The predicted molar refractivity (Wildman–Crippen MR) is 95.1 cm³/mol. The number of nitrogens with one attached hydrogen (secondary N) is 1. The molecule has 1 saturated heterocycles. The maximum atomic E-state index is 12.2. The topological polar surface area (TPSA) is 50.8 Å². The third-order valence-corrected chi connectivity index (χ3v) is 4.32. The Hall–Kier alpha value is -2.74. The molecule has 1 aliphatic heterocycles. The number of carbonyl (C=O) groups excluding carboxylic acids is 1. The summed E-state index contributed by atoms with van der Waals surface area (Å²) in [5.74, 6) is -0.787. The number of carbonyl (C=O) groups is 1. The SMILES string of the molecule is CO[C@@H]1CCN(c2ccc(NC(=O)c3ccc(OC(F)(F)F)cc3)cc2)C1. The highest BCUT2D eigenvalue weighted by Gasteiger charge is 2.31. The molecule has 1 fully saturated rings. The van der Waals surface area contributed by atoms with E-state index in [0.717, 1.165) is 37.3 Å². The lowest BCUT2D eigenvalue weighted by Gasteiger charge is -2.18. The standard InChI is InChI=1S/C19H19F3N2O3/c1-26-17-10-11-24(12-17)15-6-4-14(5-7-15)23-18(25)13-2-8-16(9-3-13)27-19(20,21)22/h2-9,17H,10-12H2,1H3,(H,23,25)/t17-/m1/s1. The third kappa shape index (κ3) is 5.13. The summed E-state index contributed by atoms with van der Waals surface area (Å²) in [6, 6.07) is 12.2. The van der Waals surface area contributed by atoms with Crippen LogP contribution in [0.5, 0.6) is 5.75 Å². The van der Waals surface area contributed by atoms with Crippen LogP contribution in [0.4, 0.5) is 24.5 Å². The summed E-state index contributed by atoms with van der Waals surface area (Å²) in [5.41, 5.74) is 1.87. The number of rotatable bonds is 5. The van der Waals surface area contributed by atoms with Crippen LogP contribution in [0.2, 0.25) is 0 Å². The molecule has 1 atom stereocenters. The molecule has 1 amide bonds. The van der Waals surface area contributed by atoms with Crippen LogP contribution in [0, 0.1) is 0 Å². The van der Waals surface area contributed by atoms with Gasteiger partial charge in [-0.25, -0.2) is 0 Å². The fourth-order valence-corrected chi connectivity index (χ4v) is 2.92. The Bertz CT molecular complexity index is 776. The molecule has 0 spiro atoms. The van der Waals surface area contributed by atoms with E-state index in [4.69, 9.17) is 4.74 Å². The molecule has 0 radical (unpaired) electrons. The summed E-state index contributed by atoms with van der Waals surface area (Å²) in [7, 11) is 1.70. The molecule has 8 heteroatoms. The molecule has 27 heavy (non-hydrogen) atoms. The number of amides is 1. The molecule has 5 nitrogen and oxygen atoms in total. The fraction of sp³-hybridized carbons (Fsp3) is 0.316. The monoisotopic (exact) mass is 380 g/mol. The Morgan fingerprint density at radius 3 is 2.33 bits per heavy atom. The van der Waals surface area contributed by atoms with Crippen LogP contribution in [-0.2, 0) is 4.74 Å². The summed E-state index contributed by atoms with van der Waals surface area (Å²) < 4.78 is 45.6. The van der Waals surface area contributed by atoms with E-state index in [-0.39, 0.29) is 17.4 Å². The molecular weight excluding hydrogens is 361 g/mol. The smallest absolute Gasteiger partial charge is 0.406 e. The van der Waals surface area contributed by atoms with Gasteiger partial charge in [0.25, 0.3) is 5.91 Å². The van der Waals surface area contributed by atoms with Gasteiger partial charge in [0.2, 0.25) is 0 Å². The minimum atomic E-state index is -4.76. The maximum Gasteiger partial charge on any atom is 0.573 e. The second-order valence-electron chi connectivity index (χ2n) is 6.17. The molecule has 2 aromatic carbocycles. The van der Waals surface area contributed by atoms with Crippen LogP contribution in [-0.4, -0.2) is 38.6 Å². The number of ether oxygens (including phenoxy) is 2. The van der Waals surface area contributed by atoms with Crippen molar-refractivity contribution in [2.24, 2.45) is 0 Å². The largest absolute Gasteiger partial charge is 0.573 e. The molecule has 1 N–H and O–H groups in total. The van der Waals surface area contributed by atoms with Crippen molar-refractivity contribution in [2.75, 3.05) is 30.4 Å². The van der Waals surface area contributed by atoms with Gasteiger partial charge in [0, 0.05) is 37.1 Å². The molecule has 0 aliphatic carbocycles. The van der Waals surface area contributed by atoms with E-state index in [0.29, 0.717) is 5.69 Å². The lowest BCUT2D eigenvalue weighted by atomic mass is 10.2. The molecule has 1 aliphatic rings. The number of anilines is 2.